The lowest BCUT2D eigenvalue weighted by molar-refractivity contribution is -0.160. The quantitative estimate of drug-likeness (QED) is 0.157. The summed E-state index contributed by atoms with van der Waals surface area (Å²) in [6.07, 6.45) is -1.77. The third-order valence-corrected chi connectivity index (χ3v) is 8.41. The molecule has 0 radical (unpaired) electrons. The van der Waals surface area contributed by atoms with Gasteiger partial charge in [0.25, 0.3) is 11.8 Å². The normalized spacial score (nSPS) is 19.6. The van der Waals surface area contributed by atoms with Crippen molar-refractivity contribution in [2.24, 2.45) is 0 Å². The number of carbonyl (C=O) groups excluding carboxylic acids is 1. The van der Waals surface area contributed by atoms with Gasteiger partial charge in [-0.25, -0.2) is 22.0 Å². The van der Waals surface area contributed by atoms with Gasteiger partial charge in [0.1, 0.15) is 30.5 Å². The number of thioether (sulfide) groups is 1. The highest BCUT2D eigenvalue weighted by Gasteiger charge is 2.38. The van der Waals surface area contributed by atoms with Gasteiger partial charge in [-0.15, -0.1) is 11.8 Å². The Morgan fingerprint density at radius 1 is 1.18 bits per heavy atom. The monoisotopic (exact) mass is 625 g/mol. The summed E-state index contributed by atoms with van der Waals surface area (Å²) in [5, 5.41) is 3.25. The average molecular weight is 626 g/mol. The topological polar surface area (TPSA) is 53.6 Å². The molecule has 0 bridgehead atoms. The summed E-state index contributed by atoms with van der Waals surface area (Å²) >= 11 is 8.68. The number of ether oxygens (including phenoxy) is 1. The van der Waals surface area contributed by atoms with Gasteiger partial charge in [0.05, 0.1) is 10.7 Å². The van der Waals surface area contributed by atoms with Gasteiger partial charge in [-0.3, -0.25) is 14.4 Å². The highest BCUT2D eigenvalue weighted by atomic mass is 35.5. The van der Waals surface area contributed by atoms with Crippen molar-refractivity contribution in [1.82, 2.24) is 9.62 Å². The summed E-state index contributed by atoms with van der Waals surface area (Å²) in [4.78, 5) is 15.4. The zero-order valence-corrected chi connectivity index (χ0v) is 24.6. The fourth-order valence-corrected chi connectivity index (χ4v) is 5.99. The van der Waals surface area contributed by atoms with E-state index in [-0.39, 0.29) is 29.0 Å². The van der Waals surface area contributed by atoms with Crippen molar-refractivity contribution < 1.29 is 31.5 Å². The molecule has 2 aromatic rings. The van der Waals surface area contributed by atoms with E-state index in [2.05, 4.69) is 10.0 Å². The van der Waals surface area contributed by atoms with Crippen LogP contribution in [0.3, 0.4) is 0 Å². The minimum absolute atomic E-state index is 0.0943. The minimum atomic E-state index is -2.94. The van der Waals surface area contributed by atoms with Crippen LogP contribution in [0.15, 0.2) is 46.2 Å². The SMILES string of the molecule is CC.O=C(NSc1cc(F)c(NC(CCN2CC(F)C2)CSc2ccc(F)cc2)c(Cl)c1)C1CCC(F)(F)CO1. The van der Waals surface area contributed by atoms with Crippen molar-refractivity contribution in [3.63, 3.8) is 0 Å². The van der Waals surface area contributed by atoms with Crippen LogP contribution in [0.2, 0.25) is 5.02 Å². The van der Waals surface area contributed by atoms with E-state index in [1.54, 1.807) is 12.1 Å². The van der Waals surface area contributed by atoms with E-state index in [1.807, 2.05) is 18.7 Å². The molecule has 0 aliphatic carbocycles. The van der Waals surface area contributed by atoms with Crippen LogP contribution in [0.5, 0.6) is 0 Å². The van der Waals surface area contributed by atoms with Gasteiger partial charge in [0.2, 0.25) is 0 Å². The number of carbonyl (C=O) groups is 1. The molecule has 13 heteroatoms. The third kappa shape index (κ3) is 9.97. The lowest BCUT2D eigenvalue weighted by atomic mass is 10.1. The first-order valence-electron chi connectivity index (χ1n) is 13.0. The molecule has 0 saturated carbocycles. The Balaban J connectivity index is 0.00000216. The number of anilines is 1. The second-order valence-electron chi connectivity index (χ2n) is 9.28. The summed E-state index contributed by atoms with van der Waals surface area (Å²) < 4.78 is 75.4. The van der Waals surface area contributed by atoms with Gasteiger partial charge < -0.3 is 10.1 Å². The number of hydrogen-bond acceptors (Lipinski definition) is 6. The Bertz CT molecular complexity index is 1080. The summed E-state index contributed by atoms with van der Waals surface area (Å²) in [7, 11) is 0. The van der Waals surface area contributed by atoms with E-state index < -0.39 is 43.0 Å². The van der Waals surface area contributed by atoms with Gasteiger partial charge in [-0.2, -0.15) is 0 Å². The molecule has 2 unspecified atom stereocenters. The van der Waals surface area contributed by atoms with Crippen LogP contribution >= 0.6 is 35.3 Å². The van der Waals surface area contributed by atoms with Crippen LogP contribution in [0.4, 0.5) is 27.6 Å². The van der Waals surface area contributed by atoms with E-state index in [1.165, 1.54) is 36.0 Å². The smallest absolute Gasteiger partial charge is 0.271 e. The first-order valence-corrected chi connectivity index (χ1v) is 15.2. The lowest BCUT2D eigenvalue weighted by Gasteiger charge is -2.35. The summed E-state index contributed by atoms with van der Waals surface area (Å²) in [5.41, 5.74) is 0.0943. The van der Waals surface area contributed by atoms with Crippen LogP contribution in [0, 0.1) is 11.6 Å². The molecule has 5 nitrogen and oxygen atoms in total. The number of nitrogens with zero attached hydrogens (tertiary/aromatic N) is 1. The molecule has 2 heterocycles. The van der Waals surface area contributed by atoms with Crippen LogP contribution in [0.1, 0.15) is 33.1 Å². The fourth-order valence-electron chi connectivity index (χ4n) is 4.01. The molecular formula is C27H33ClF5N3O2S2. The van der Waals surface area contributed by atoms with Crippen molar-refractivity contribution in [2.45, 2.75) is 67.1 Å². The van der Waals surface area contributed by atoms with Gasteiger partial charge in [0, 0.05) is 47.6 Å². The Kier molecular flexibility index (Phi) is 12.7. The summed E-state index contributed by atoms with van der Waals surface area (Å²) in [6, 6.07) is 8.54. The maximum Gasteiger partial charge on any atom is 0.271 e. The predicted molar refractivity (Wildman–Crippen MR) is 151 cm³/mol. The highest BCUT2D eigenvalue weighted by Crippen LogP contribution is 2.33. The third-order valence-electron chi connectivity index (χ3n) is 6.17. The largest absolute Gasteiger partial charge is 0.378 e. The molecule has 2 saturated heterocycles. The van der Waals surface area contributed by atoms with Crippen molar-refractivity contribution >= 4 is 46.9 Å². The number of amides is 1. The summed E-state index contributed by atoms with van der Waals surface area (Å²) in [6.45, 7) is 4.55. The number of hydrogen-bond donors (Lipinski definition) is 2. The summed E-state index contributed by atoms with van der Waals surface area (Å²) in [5.74, 6) is -3.96. The van der Waals surface area contributed by atoms with E-state index in [9.17, 15) is 22.4 Å². The molecule has 1 amide bonds. The second-order valence-corrected chi connectivity index (χ2v) is 11.7. The number of rotatable bonds is 11. The molecule has 2 aromatic carbocycles. The fraction of sp³-hybridized carbons (Fsp3) is 0.519. The lowest BCUT2D eigenvalue weighted by Crippen LogP contribution is -2.49. The molecule has 222 valence electrons. The molecule has 2 fully saturated rings. The first-order chi connectivity index (χ1) is 19.1. The number of alkyl halides is 3. The van der Waals surface area contributed by atoms with Crippen molar-refractivity contribution in [1.29, 1.82) is 0 Å². The van der Waals surface area contributed by atoms with Crippen molar-refractivity contribution in [2.75, 3.05) is 37.3 Å². The molecular weight excluding hydrogens is 593 g/mol. The van der Waals surface area contributed by atoms with Crippen LogP contribution in [-0.4, -0.2) is 67.0 Å². The maximum atomic E-state index is 15.1. The molecule has 0 aromatic heterocycles. The predicted octanol–water partition coefficient (Wildman–Crippen LogP) is 7.20. The zero-order chi connectivity index (χ0) is 29.3. The van der Waals surface area contributed by atoms with Crippen LogP contribution < -0.4 is 10.0 Å². The number of likely N-dealkylation sites (tertiary alicyclic amines) is 1. The van der Waals surface area contributed by atoms with E-state index >= 15 is 4.39 Å². The highest BCUT2D eigenvalue weighted by molar-refractivity contribution is 7.99. The molecule has 2 N–H and O–H groups in total. The molecule has 4 rings (SSSR count). The standard InChI is InChI=1S/C25H27ClF5N3O2S2.C2H6/c26-20-9-19(38-33-24(35)22-5-7-25(30,31)14-36-22)10-21(29)23(20)32-17(6-8-34-11-16(28)12-34)13-37-18-3-1-15(27)2-4-18;1-2/h1-4,9-10,16-17,22,32H,5-8,11-14H2,(H,33,35);1-2H3. The van der Waals surface area contributed by atoms with Gasteiger partial charge in [-0.05, 0) is 61.2 Å². The Morgan fingerprint density at radius 2 is 1.88 bits per heavy atom. The Hall–Kier alpha value is -1.73. The minimum Gasteiger partial charge on any atom is -0.378 e. The first kappa shape index (κ1) is 32.8. The maximum absolute atomic E-state index is 15.1. The van der Waals surface area contributed by atoms with Crippen LogP contribution in [0.25, 0.3) is 0 Å². The Labute approximate surface area is 245 Å². The van der Waals surface area contributed by atoms with Crippen LogP contribution in [-0.2, 0) is 9.53 Å². The Morgan fingerprint density at radius 3 is 2.48 bits per heavy atom. The van der Waals surface area contributed by atoms with E-state index in [0.29, 0.717) is 36.7 Å². The van der Waals surface area contributed by atoms with Gasteiger partial charge >= 0.3 is 0 Å². The zero-order valence-electron chi connectivity index (χ0n) is 22.2. The molecule has 2 atom stereocenters. The van der Waals surface area contributed by atoms with Gasteiger partial charge in [-0.1, -0.05) is 25.4 Å². The molecule has 2 aliphatic heterocycles. The second kappa shape index (κ2) is 15.5. The molecule has 2 aliphatic rings. The van der Waals surface area contributed by atoms with Crippen molar-refractivity contribution in [3.05, 3.63) is 53.1 Å². The van der Waals surface area contributed by atoms with E-state index in [0.717, 1.165) is 16.8 Å². The average Bonchev–Trinajstić information content (AvgIpc) is 2.91. The van der Waals surface area contributed by atoms with Gasteiger partial charge in [0.15, 0.2) is 0 Å². The molecule has 40 heavy (non-hydrogen) atoms. The number of halogens is 6. The van der Waals surface area contributed by atoms with E-state index in [4.69, 9.17) is 16.3 Å². The molecule has 0 spiro atoms. The van der Waals surface area contributed by atoms with Crippen molar-refractivity contribution in [3.8, 4) is 0 Å². The number of benzene rings is 2. The number of nitrogens with one attached hydrogen (secondary N) is 2.